The molecule has 0 aromatic heterocycles. The first-order valence-corrected chi connectivity index (χ1v) is 6.71. The van der Waals surface area contributed by atoms with Gasteiger partial charge in [0.25, 0.3) is 0 Å². The van der Waals surface area contributed by atoms with Gasteiger partial charge in [0, 0.05) is 18.6 Å². The lowest BCUT2D eigenvalue weighted by molar-refractivity contribution is 0.0683. The summed E-state index contributed by atoms with van der Waals surface area (Å²) in [6.45, 7) is 14.5. The molecule has 0 aliphatic heterocycles. The highest BCUT2D eigenvalue weighted by Gasteiger charge is 2.30. The average molecular weight is 228 g/mol. The zero-order chi connectivity index (χ0) is 12.9. The summed E-state index contributed by atoms with van der Waals surface area (Å²) in [6.07, 6.45) is 2.44. The molecule has 0 aromatic rings. The van der Waals surface area contributed by atoms with E-state index in [1.165, 1.54) is 12.8 Å². The van der Waals surface area contributed by atoms with Crippen LogP contribution in [0.1, 0.15) is 54.4 Å². The van der Waals surface area contributed by atoms with E-state index in [4.69, 9.17) is 5.73 Å². The highest BCUT2D eigenvalue weighted by molar-refractivity contribution is 4.85. The van der Waals surface area contributed by atoms with Crippen molar-refractivity contribution < 1.29 is 0 Å². The summed E-state index contributed by atoms with van der Waals surface area (Å²) in [6, 6.07) is 1.07. The third kappa shape index (κ3) is 4.06. The summed E-state index contributed by atoms with van der Waals surface area (Å²) in [4.78, 5) is 2.48. The van der Waals surface area contributed by atoms with Crippen molar-refractivity contribution in [2.75, 3.05) is 13.6 Å². The van der Waals surface area contributed by atoms with Crippen LogP contribution in [0.2, 0.25) is 0 Å². The Morgan fingerprint density at radius 2 is 1.56 bits per heavy atom. The fraction of sp³-hybridized carbons (Fsp3) is 1.00. The molecule has 0 radical (unpaired) electrons. The first kappa shape index (κ1) is 15.9. The van der Waals surface area contributed by atoms with Crippen LogP contribution in [-0.2, 0) is 0 Å². The number of hydrogen-bond acceptors (Lipinski definition) is 2. The van der Waals surface area contributed by atoms with Crippen molar-refractivity contribution in [3.63, 3.8) is 0 Å². The maximum Gasteiger partial charge on any atom is 0.0246 e. The lowest BCUT2D eigenvalue weighted by Crippen LogP contribution is -2.51. The van der Waals surface area contributed by atoms with Gasteiger partial charge in [-0.15, -0.1) is 0 Å². The lowest BCUT2D eigenvalue weighted by Gasteiger charge is -2.42. The molecule has 0 bridgehead atoms. The normalized spacial score (nSPS) is 16.9. The molecule has 2 N–H and O–H groups in total. The Morgan fingerprint density at radius 1 is 1.12 bits per heavy atom. The maximum absolute atomic E-state index is 5.97. The largest absolute Gasteiger partial charge is 0.329 e. The number of nitrogens with zero attached hydrogens (tertiary/aromatic N) is 1. The lowest BCUT2D eigenvalue weighted by atomic mass is 9.84. The van der Waals surface area contributed by atoms with E-state index in [0.29, 0.717) is 17.5 Å². The molecule has 2 heteroatoms. The Balaban J connectivity index is 4.70. The van der Waals surface area contributed by atoms with Crippen molar-refractivity contribution in [3.8, 4) is 0 Å². The quantitative estimate of drug-likeness (QED) is 0.757. The number of likely N-dealkylation sites (N-methyl/N-ethyl adjacent to an activating group) is 1. The second-order valence-electron chi connectivity index (χ2n) is 6.09. The second-order valence-corrected chi connectivity index (χ2v) is 6.09. The van der Waals surface area contributed by atoms with Crippen LogP contribution in [0.4, 0.5) is 0 Å². The van der Waals surface area contributed by atoms with Crippen LogP contribution in [0.15, 0.2) is 0 Å². The average Bonchev–Trinajstić information content (AvgIpc) is 2.22. The number of hydrogen-bond donors (Lipinski definition) is 1. The Morgan fingerprint density at radius 3 is 1.81 bits per heavy atom. The summed E-state index contributed by atoms with van der Waals surface area (Å²) in [7, 11) is 2.23. The van der Waals surface area contributed by atoms with Crippen molar-refractivity contribution in [1.29, 1.82) is 0 Å². The fourth-order valence-electron chi connectivity index (χ4n) is 2.42. The van der Waals surface area contributed by atoms with Crippen molar-refractivity contribution >= 4 is 0 Å². The third-order valence-electron chi connectivity index (χ3n) is 4.22. The van der Waals surface area contributed by atoms with Crippen LogP contribution in [0.5, 0.6) is 0 Å². The second kappa shape index (κ2) is 6.61. The van der Waals surface area contributed by atoms with Crippen LogP contribution >= 0.6 is 0 Å². The molecule has 0 saturated carbocycles. The molecule has 0 spiro atoms. The molecule has 0 rings (SSSR count). The molecule has 0 aliphatic carbocycles. The molecular weight excluding hydrogens is 196 g/mol. The predicted octanol–water partition coefficient (Wildman–Crippen LogP) is 3.12. The SMILES string of the molecule is CCC(CC)C(CN)N(C)C(C)C(C)(C)C. The van der Waals surface area contributed by atoms with Crippen molar-refractivity contribution in [2.24, 2.45) is 17.1 Å². The summed E-state index contributed by atoms with van der Waals surface area (Å²) in [5.41, 5.74) is 6.28. The highest BCUT2D eigenvalue weighted by atomic mass is 15.2. The Hall–Kier alpha value is -0.0800. The summed E-state index contributed by atoms with van der Waals surface area (Å²) >= 11 is 0. The monoisotopic (exact) mass is 228 g/mol. The van der Waals surface area contributed by atoms with Gasteiger partial charge in [-0.25, -0.2) is 0 Å². The minimum Gasteiger partial charge on any atom is -0.329 e. The molecule has 2 unspecified atom stereocenters. The predicted molar refractivity (Wildman–Crippen MR) is 73.6 cm³/mol. The molecule has 2 atom stereocenters. The molecule has 0 amide bonds. The van der Waals surface area contributed by atoms with E-state index in [0.717, 1.165) is 12.5 Å². The Bertz CT molecular complexity index is 180. The van der Waals surface area contributed by atoms with Crippen LogP contribution in [-0.4, -0.2) is 30.6 Å². The van der Waals surface area contributed by atoms with Gasteiger partial charge in [0.2, 0.25) is 0 Å². The van der Waals surface area contributed by atoms with E-state index in [1.807, 2.05) is 0 Å². The highest BCUT2D eigenvalue weighted by Crippen LogP contribution is 2.27. The third-order valence-corrected chi connectivity index (χ3v) is 4.22. The molecule has 0 fully saturated rings. The standard InChI is InChI=1S/C14H32N2/c1-8-12(9-2)13(10-15)16(7)11(3)14(4,5)6/h11-13H,8-10,15H2,1-7H3. The molecule has 0 heterocycles. The van der Waals surface area contributed by atoms with E-state index in [-0.39, 0.29) is 0 Å². The van der Waals surface area contributed by atoms with Gasteiger partial charge >= 0.3 is 0 Å². The zero-order valence-corrected chi connectivity index (χ0v) is 12.4. The van der Waals surface area contributed by atoms with Gasteiger partial charge in [-0.1, -0.05) is 47.5 Å². The maximum atomic E-state index is 5.97. The molecule has 2 nitrogen and oxygen atoms in total. The van der Waals surface area contributed by atoms with E-state index < -0.39 is 0 Å². The van der Waals surface area contributed by atoms with Gasteiger partial charge in [0.1, 0.15) is 0 Å². The zero-order valence-electron chi connectivity index (χ0n) is 12.4. The van der Waals surface area contributed by atoms with Gasteiger partial charge in [0.05, 0.1) is 0 Å². The van der Waals surface area contributed by atoms with Crippen LogP contribution < -0.4 is 5.73 Å². The van der Waals surface area contributed by atoms with Crippen LogP contribution in [0.25, 0.3) is 0 Å². The van der Waals surface area contributed by atoms with Crippen LogP contribution in [0.3, 0.4) is 0 Å². The van der Waals surface area contributed by atoms with Crippen molar-refractivity contribution in [2.45, 2.75) is 66.5 Å². The number of nitrogens with two attached hydrogens (primary N) is 1. The molecule has 0 aromatic carbocycles. The van der Waals surface area contributed by atoms with E-state index in [2.05, 4.69) is 53.5 Å². The first-order valence-electron chi connectivity index (χ1n) is 6.71. The molecule has 0 saturated heterocycles. The molecule has 98 valence electrons. The summed E-state index contributed by atoms with van der Waals surface area (Å²) < 4.78 is 0. The Labute approximate surface area is 103 Å². The van der Waals surface area contributed by atoms with Crippen molar-refractivity contribution in [1.82, 2.24) is 4.90 Å². The first-order chi connectivity index (χ1) is 7.29. The molecular formula is C14H32N2. The molecule has 0 aliphatic rings. The topological polar surface area (TPSA) is 29.3 Å². The Kier molecular flexibility index (Phi) is 6.57. The van der Waals surface area contributed by atoms with Gasteiger partial charge in [-0.3, -0.25) is 4.90 Å². The minimum atomic E-state index is 0.314. The van der Waals surface area contributed by atoms with Crippen LogP contribution in [0, 0.1) is 11.3 Å². The van der Waals surface area contributed by atoms with E-state index in [1.54, 1.807) is 0 Å². The van der Waals surface area contributed by atoms with E-state index >= 15 is 0 Å². The summed E-state index contributed by atoms with van der Waals surface area (Å²) in [5.74, 6) is 0.722. The fourth-order valence-corrected chi connectivity index (χ4v) is 2.42. The van der Waals surface area contributed by atoms with E-state index in [9.17, 15) is 0 Å². The smallest absolute Gasteiger partial charge is 0.0246 e. The minimum absolute atomic E-state index is 0.314. The van der Waals surface area contributed by atoms with Gasteiger partial charge in [0.15, 0.2) is 0 Å². The molecule has 16 heavy (non-hydrogen) atoms. The number of rotatable bonds is 6. The van der Waals surface area contributed by atoms with Gasteiger partial charge in [-0.2, -0.15) is 0 Å². The van der Waals surface area contributed by atoms with Gasteiger partial charge < -0.3 is 5.73 Å². The van der Waals surface area contributed by atoms with Crippen molar-refractivity contribution in [3.05, 3.63) is 0 Å². The van der Waals surface area contributed by atoms with Gasteiger partial charge in [-0.05, 0) is 25.3 Å². The summed E-state index contributed by atoms with van der Waals surface area (Å²) in [5, 5.41) is 0.